The first-order valence-corrected chi connectivity index (χ1v) is 6.56. The summed E-state index contributed by atoms with van der Waals surface area (Å²) < 4.78 is 2.08. The second kappa shape index (κ2) is 6.19. The number of nitrogens with zero attached hydrogens (tertiary/aromatic N) is 2. The first-order chi connectivity index (χ1) is 9.56. The van der Waals surface area contributed by atoms with Crippen LogP contribution in [0.5, 0.6) is 0 Å². The van der Waals surface area contributed by atoms with E-state index in [4.69, 9.17) is 0 Å². The van der Waals surface area contributed by atoms with E-state index in [1.165, 1.54) is 5.56 Å². The Kier molecular flexibility index (Phi) is 4.35. The van der Waals surface area contributed by atoms with Gasteiger partial charge in [-0.3, -0.25) is 4.79 Å². The van der Waals surface area contributed by atoms with Crippen molar-refractivity contribution in [3.63, 3.8) is 0 Å². The molecule has 0 radical (unpaired) electrons. The molecule has 0 aliphatic rings. The topological polar surface area (TPSA) is 46.9 Å². The molecule has 0 aliphatic heterocycles. The van der Waals surface area contributed by atoms with Crippen LogP contribution in [-0.4, -0.2) is 15.5 Å². The van der Waals surface area contributed by atoms with Crippen LogP contribution in [0.2, 0.25) is 0 Å². The van der Waals surface area contributed by atoms with Crippen LogP contribution in [0, 0.1) is 6.92 Å². The predicted octanol–water partition coefficient (Wildman–Crippen LogP) is 2.43. The molecular weight excluding hydrogens is 250 g/mol. The van der Waals surface area contributed by atoms with Crippen LogP contribution in [0.15, 0.2) is 48.7 Å². The molecule has 0 saturated heterocycles. The maximum absolute atomic E-state index is 11.5. The van der Waals surface area contributed by atoms with E-state index in [0.717, 1.165) is 18.1 Å². The van der Waals surface area contributed by atoms with Crippen LogP contribution in [-0.2, 0) is 17.9 Å². The summed E-state index contributed by atoms with van der Waals surface area (Å²) in [5.41, 5.74) is 2.59. The van der Waals surface area contributed by atoms with Crippen LogP contribution in [0.3, 0.4) is 0 Å². The van der Waals surface area contributed by atoms with Crippen molar-refractivity contribution in [3.05, 3.63) is 65.8 Å². The van der Waals surface area contributed by atoms with E-state index < -0.39 is 0 Å². The number of hydrogen-bond acceptors (Lipinski definition) is 2. The minimum absolute atomic E-state index is 0.139. The molecule has 1 amide bonds. The van der Waals surface area contributed by atoms with Crippen molar-refractivity contribution < 1.29 is 4.79 Å². The van der Waals surface area contributed by atoms with Crippen molar-refractivity contribution >= 4 is 5.91 Å². The standard InChI is InChI=1S/C16H19N3O/c1-12(2)16(20)17-9-15-11-19(13(3)18-15)10-14-7-5-4-6-8-14/h4-8,11H,1,9-10H2,2-3H3,(H,17,20). The fourth-order valence-corrected chi connectivity index (χ4v) is 1.92. The van der Waals surface area contributed by atoms with Crippen LogP contribution >= 0.6 is 0 Å². The van der Waals surface area contributed by atoms with Crippen LogP contribution in [0.4, 0.5) is 0 Å². The van der Waals surface area contributed by atoms with Crippen molar-refractivity contribution in [3.8, 4) is 0 Å². The molecule has 0 spiro atoms. The summed E-state index contributed by atoms with van der Waals surface area (Å²) in [6, 6.07) is 10.2. The molecule has 1 aromatic heterocycles. The molecular formula is C16H19N3O. The van der Waals surface area contributed by atoms with Crippen molar-refractivity contribution in [1.29, 1.82) is 0 Å². The average molecular weight is 269 g/mol. The van der Waals surface area contributed by atoms with Crippen molar-refractivity contribution in [1.82, 2.24) is 14.9 Å². The highest BCUT2D eigenvalue weighted by Gasteiger charge is 2.07. The number of carbonyl (C=O) groups excluding carboxylic acids is 1. The summed E-state index contributed by atoms with van der Waals surface area (Å²) in [6.45, 7) is 8.47. The van der Waals surface area contributed by atoms with Gasteiger partial charge in [-0.15, -0.1) is 0 Å². The molecule has 0 unspecified atom stereocenters. The van der Waals surface area contributed by atoms with E-state index in [9.17, 15) is 4.79 Å². The zero-order valence-electron chi connectivity index (χ0n) is 11.9. The zero-order chi connectivity index (χ0) is 14.5. The number of hydrogen-bond donors (Lipinski definition) is 1. The number of rotatable bonds is 5. The van der Waals surface area contributed by atoms with Gasteiger partial charge in [0.2, 0.25) is 5.91 Å². The lowest BCUT2D eigenvalue weighted by Gasteiger charge is -2.04. The quantitative estimate of drug-likeness (QED) is 0.847. The number of nitrogens with one attached hydrogen (secondary N) is 1. The third-order valence-electron chi connectivity index (χ3n) is 3.04. The highest BCUT2D eigenvalue weighted by atomic mass is 16.1. The Labute approximate surface area is 119 Å². The van der Waals surface area contributed by atoms with Crippen LogP contribution in [0.1, 0.15) is 24.0 Å². The highest BCUT2D eigenvalue weighted by molar-refractivity contribution is 5.91. The van der Waals surface area contributed by atoms with Gasteiger partial charge in [-0.2, -0.15) is 0 Å². The van der Waals surface area contributed by atoms with Gasteiger partial charge >= 0.3 is 0 Å². The molecule has 4 nitrogen and oxygen atoms in total. The molecule has 4 heteroatoms. The number of carbonyl (C=O) groups is 1. The first kappa shape index (κ1) is 14.1. The molecule has 0 saturated carbocycles. The summed E-state index contributed by atoms with van der Waals surface area (Å²) in [6.07, 6.45) is 1.97. The molecule has 0 atom stereocenters. The maximum atomic E-state index is 11.5. The monoisotopic (exact) mass is 269 g/mol. The molecule has 2 aromatic rings. The Bertz CT molecular complexity index is 614. The van der Waals surface area contributed by atoms with Gasteiger partial charge in [-0.1, -0.05) is 36.9 Å². The summed E-state index contributed by atoms with van der Waals surface area (Å²) in [5.74, 6) is 0.800. The van der Waals surface area contributed by atoms with Crippen LogP contribution < -0.4 is 5.32 Å². The fraction of sp³-hybridized carbons (Fsp3) is 0.250. The van der Waals surface area contributed by atoms with E-state index in [-0.39, 0.29) is 5.91 Å². The van der Waals surface area contributed by atoms with Gasteiger partial charge in [0.1, 0.15) is 5.82 Å². The smallest absolute Gasteiger partial charge is 0.246 e. The molecule has 2 rings (SSSR count). The second-order valence-electron chi connectivity index (χ2n) is 4.86. The number of imidazole rings is 1. The van der Waals surface area contributed by atoms with Crippen LogP contribution in [0.25, 0.3) is 0 Å². The van der Waals surface area contributed by atoms with E-state index >= 15 is 0 Å². The predicted molar refractivity (Wildman–Crippen MR) is 79.2 cm³/mol. The molecule has 20 heavy (non-hydrogen) atoms. The highest BCUT2D eigenvalue weighted by Crippen LogP contribution is 2.07. The lowest BCUT2D eigenvalue weighted by molar-refractivity contribution is -0.117. The SMILES string of the molecule is C=C(C)C(=O)NCc1cn(Cc2ccccc2)c(C)n1. The molecule has 0 aliphatic carbocycles. The first-order valence-electron chi connectivity index (χ1n) is 6.56. The van der Waals surface area contributed by atoms with Gasteiger partial charge in [-0.25, -0.2) is 4.98 Å². The summed E-state index contributed by atoms with van der Waals surface area (Å²) in [7, 11) is 0. The summed E-state index contributed by atoms with van der Waals surface area (Å²) in [5, 5.41) is 2.79. The van der Waals surface area contributed by atoms with E-state index in [1.807, 2.05) is 31.3 Å². The number of amides is 1. The minimum atomic E-state index is -0.139. The normalized spacial score (nSPS) is 10.3. The third kappa shape index (κ3) is 3.57. The van der Waals surface area contributed by atoms with Crippen molar-refractivity contribution in [2.45, 2.75) is 26.9 Å². The van der Waals surface area contributed by atoms with Gasteiger partial charge in [0.05, 0.1) is 12.2 Å². The number of aryl methyl sites for hydroxylation is 1. The Morgan fingerprint density at radius 1 is 1.35 bits per heavy atom. The molecule has 0 bridgehead atoms. The van der Waals surface area contributed by atoms with Gasteiger partial charge < -0.3 is 9.88 Å². The Morgan fingerprint density at radius 2 is 2.05 bits per heavy atom. The number of benzene rings is 1. The van der Waals surface area contributed by atoms with E-state index in [2.05, 4.69) is 33.6 Å². The maximum Gasteiger partial charge on any atom is 0.246 e. The molecule has 0 fully saturated rings. The average Bonchev–Trinajstić information content (AvgIpc) is 2.77. The summed E-state index contributed by atoms with van der Waals surface area (Å²) >= 11 is 0. The molecule has 1 heterocycles. The van der Waals surface area contributed by atoms with Crippen molar-refractivity contribution in [2.75, 3.05) is 0 Å². The second-order valence-corrected chi connectivity index (χ2v) is 4.86. The minimum Gasteiger partial charge on any atom is -0.347 e. The lowest BCUT2D eigenvalue weighted by Crippen LogP contribution is -2.23. The Morgan fingerprint density at radius 3 is 2.70 bits per heavy atom. The number of aromatic nitrogens is 2. The lowest BCUT2D eigenvalue weighted by atomic mass is 10.2. The largest absolute Gasteiger partial charge is 0.347 e. The molecule has 1 N–H and O–H groups in total. The summed E-state index contributed by atoms with van der Waals surface area (Å²) in [4.78, 5) is 15.9. The van der Waals surface area contributed by atoms with Gasteiger partial charge in [0.25, 0.3) is 0 Å². The molecule has 104 valence electrons. The van der Waals surface area contributed by atoms with Crippen molar-refractivity contribution in [2.24, 2.45) is 0 Å². The Balaban J connectivity index is 2.02. The van der Waals surface area contributed by atoms with Gasteiger partial charge in [0, 0.05) is 18.3 Å². The fourth-order valence-electron chi connectivity index (χ4n) is 1.92. The zero-order valence-corrected chi connectivity index (χ0v) is 11.9. The van der Waals surface area contributed by atoms with E-state index in [0.29, 0.717) is 12.1 Å². The van der Waals surface area contributed by atoms with Gasteiger partial charge in [0.15, 0.2) is 0 Å². The third-order valence-corrected chi connectivity index (χ3v) is 3.04. The Hall–Kier alpha value is -2.36. The molecule has 1 aromatic carbocycles. The van der Waals surface area contributed by atoms with Gasteiger partial charge in [-0.05, 0) is 19.4 Å². The van der Waals surface area contributed by atoms with E-state index in [1.54, 1.807) is 6.92 Å².